The first-order chi connectivity index (χ1) is 37.4. The minimum absolute atomic E-state index is 0.00252. The summed E-state index contributed by atoms with van der Waals surface area (Å²) in [6.45, 7) is 4.41. The second-order valence-electron chi connectivity index (χ2n) is 20.8. The van der Waals surface area contributed by atoms with Crippen molar-refractivity contribution in [2.75, 3.05) is 40.9 Å². The third kappa shape index (κ3) is 56.6. The van der Waals surface area contributed by atoms with E-state index in [-0.39, 0.29) is 18.9 Å². The first kappa shape index (κ1) is 73.1. The summed E-state index contributed by atoms with van der Waals surface area (Å²) in [6.07, 6.45) is 83.5. The molecule has 0 radical (unpaired) electrons. The second-order valence-corrected chi connectivity index (χ2v) is 22.2. The SMILES string of the molecule is CC/C=C\C/C=C\C/C=C\C/C=C\C/C=C\C/C=C\C/C=C\C/C=C\C/C=C\C/C=C\C/C=C\C/C=C\CCCCCCC(=O)NC(COP(=O)(O)OCC[N+](C)(C)C)C(O)C(O)CCC/C=C/CCCCCCCCC. The van der Waals surface area contributed by atoms with Gasteiger partial charge in [-0.1, -0.05) is 223 Å². The Morgan fingerprint density at radius 1 is 0.468 bits per heavy atom. The number of nitrogens with one attached hydrogen (secondary N) is 1. The molecule has 0 saturated heterocycles. The summed E-state index contributed by atoms with van der Waals surface area (Å²) in [4.78, 5) is 23.3. The van der Waals surface area contributed by atoms with E-state index in [0.717, 1.165) is 116 Å². The minimum Gasteiger partial charge on any atom is -0.390 e. The van der Waals surface area contributed by atoms with E-state index in [4.69, 9.17) is 9.05 Å². The molecule has 4 atom stereocenters. The van der Waals surface area contributed by atoms with Gasteiger partial charge in [0.15, 0.2) is 0 Å². The molecule has 0 aromatic heterocycles. The summed E-state index contributed by atoms with van der Waals surface area (Å²) in [5, 5.41) is 24.7. The predicted molar refractivity (Wildman–Crippen MR) is 333 cm³/mol. The number of allylic oxidation sites excluding steroid dienone is 26. The van der Waals surface area contributed by atoms with E-state index < -0.39 is 32.7 Å². The van der Waals surface area contributed by atoms with E-state index >= 15 is 0 Å². The third-order valence-corrected chi connectivity index (χ3v) is 13.3. The molecule has 0 aromatic rings. The fourth-order valence-electron chi connectivity index (χ4n) is 7.65. The lowest BCUT2D eigenvalue weighted by Crippen LogP contribution is -2.51. The van der Waals surface area contributed by atoms with Crippen LogP contribution >= 0.6 is 7.82 Å². The lowest BCUT2D eigenvalue weighted by atomic mass is 10.0. The van der Waals surface area contributed by atoms with Crippen molar-refractivity contribution in [2.45, 2.75) is 218 Å². The van der Waals surface area contributed by atoms with Crippen LogP contribution in [0.2, 0.25) is 0 Å². The van der Waals surface area contributed by atoms with Crippen LogP contribution in [0.1, 0.15) is 200 Å². The Labute approximate surface area is 472 Å². The number of nitrogens with zero attached hydrogens (tertiary/aromatic N) is 1. The van der Waals surface area contributed by atoms with Crippen LogP contribution in [-0.2, 0) is 18.4 Å². The average molecular weight is 1090 g/mol. The number of aliphatic hydroxyl groups is 2. The number of quaternary nitrogens is 1. The highest BCUT2D eigenvalue weighted by atomic mass is 31.2. The molecule has 0 aliphatic carbocycles. The lowest BCUT2D eigenvalue weighted by Gasteiger charge is -2.28. The largest absolute Gasteiger partial charge is 0.472 e. The van der Waals surface area contributed by atoms with E-state index in [1.165, 1.54) is 44.9 Å². The number of phosphoric acid groups is 1. The van der Waals surface area contributed by atoms with Gasteiger partial charge in [0.2, 0.25) is 5.91 Å². The number of carbonyl (C=O) groups excluding carboxylic acids is 1. The predicted octanol–water partition coefficient (Wildman–Crippen LogP) is 17.6. The van der Waals surface area contributed by atoms with E-state index in [1.54, 1.807) is 0 Å². The first-order valence-corrected chi connectivity index (χ1v) is 31.4. The van der Waals surface area contributed by atoms with Crippen molar-refractivity contribution in [3.8, 4) is 0 Å². The summed E-state index contributed by atoms with van der Waals surface area (Å²) >= 11 is 0. The van der Waals surface area contributed by atoms with Gasteiger partial charge in [-0.15, -0.1) is 0 Å². The Morgan fingerprint density at radius 2 is 0.805 bits per heavy atom. The molecule has 0 rings (SSSR count). The van der Waals surface area contributed by atoms with Crippen LogP contribution in [0.15, 0.2) is 158 Å². The lowest BCUT2D eigenvalue weighted by molar-refractivity contribution is -0.870. The van der Waals surface area contributed by atoms with Gasteiger partial charge in [-0.2, -0.15) is 0 Å². The number of aliphatic hydroxyl groups excluding tert-OH is 2. The zero-order valence-corrected chi connectivity index (χ0v) is 50.1. The Balaban J connectivity index is 4.26. The van der Waals surface area contributed by atoms with Gasteiger partial charge in [-0.05, 0) is 128 Å². The Kier molecular flexibility index (Phi) is 52.6. The molecule has 0 heterocycles. The van der Waals surface area contributed by atoms with Crippen LogP contribution in [0.4, 0.5) is 0 Å². The molecule has 9 nitrogen and oxygen atoms in total. The zero-order valence-electron chi connectivity index (χ0n) is 49.2. The molecule has 0 aliphatic heterocycles. The fourth-order valence-corrected chi connectivity index (χ4v) is 8.39. The van der Waals surface area contributed by atoms with Crippen LogP contribution in [0.25, 0.3) is 0 Å². The number of unbranched alkanes of at least 4 members (excludes halogenated alkanes) is 12. The highest BCUT2D eigenvalue weighted by molar-refractivity contribution is 7.47. The molecular weight excluding hydrogens is 976 g/mol. The molecule has 0 fully saturated rings. The van der Waals surface area contributed by atoms with Gasteiger partial charge in [0.1, 0.15) is 19.3 Å². The normalized spacial score (nSPS) is 15.4. The topological polar surface area (TPSA) is 125 Å². The van der Waals surface area contributed by atoms with Gasteiger partial charge in [0, 0.05) is 6.42 Å². The summed E-state index contributed by atoms with van der Waals surface area (Å²) in [5.74, 6) is -0.300. The molecule has 0 aromatic carbocycles. The molecule has 4 unspecified atom stereocenters. The number of carbonyl (C=O) groups is 1. The maximum Gasteiger partial charge on any atom is 0.472 e. The van der Waals surface area contributed by atoms with Crippen LogP contribution in [0.3, 0.4) is 0 Å². The number of hydrogen-bond donors (Lipinski definition) is 4. The van der Waals surface area contributed by atoms with Gasteiger partial charge in [0.05, 0.1) is 39.9 Å². The zero-order chi connectivity index (χ0) is 56.4. The summed E-state index contributed by atoms with van der Waals surface area (Å²) < 4.78 is 23.6. The van der Waals surface area contributed by atoms with E-state index in [0.29, 0.717) is 30.3 Å². The monoisotopic (exact) mass is 1090 g/mol. The molecule has 0 bridgehead atoms. The smallest absolute Gasteiger partial charge is 0.390 e. The number of hydrogen-bond acceptors (Lipinski definition) is 6. The molecule has 1 amide bonds. The second kappa shape index (κ2) is 55.4. The van der Waals surface area contributed by atoms with Crippen LogP contribution in [-0.4, -0.2) is 84.6 Å². The van der Waals surface area contributed by atoms with E-state index in [2.05, 4.69) is 177 Å². The molecule has 0 saturated carbocycles. The highest BCUT2D eigenvalue weighted by Gasteiger charge is 2.31. The maximum atomic E-state index is 13.0. The van der Waals surface area contributed by atoms with Crippen LogP contribution in [0.5, 0.6) is 0 Å². The van der Waals surface area contributed by atoms with Gasteiger partial charge in [0.25, 0.3) is 0 Å². The third-order valence-electron chi connectivity index (χ3n) is 12.4. The molecule has 0 aliphatic rings. The van der Waals surface area contributed by atoms with Crippen molar-refractivity contribution in [2.24, 2.45) is 0 Å². The maximum absolute atomic E-state index is 13.0. The average Bonchev–Trinajstić information content (AvgIpc) is 3.39. The number of rotatable bonds is 52. The van der Waals surface area contributed by atoms with E-state index in [9.17, 15) is 24.5 Å². The summed E-state index contributed by atoms with van der Waals surface area (Å²) in [7, 11) is 1.37. The Bertz CT molecular complexity index is 1830. The van der Waals surface area contributed by atoms with Gasteiger partial charge < -0.3 is 24.9 Å². The highest BCUT2D eigenvalue weighted by Crippen LogP contribution is 2.43. The molecule has 0 spiro atoms. The summed E-state index contributed by atoms with van der Waals surface area (Å²) in [6, 6.07) is -1.08. The van der Waals surface area contributed by atoms with Crippen molar-refractivity contribution < 1.29 is 38.0 Å². The molecule has 4 N–H and O–H groups in total. The fraction of sp³-hybridized carbons (Fsp3) is 0.597. The van der Waals surface area contributed by atoms with Gasteiger partial charge in [-0.25, -0.2) is 4.57 Å². The minimum atomic E-state index is -4.45. The Hall–Kier alpha value is -3.92. The molecule has 10 heteroatoms. The first-order valence-electron chi connectivity index (χ1n) is 29.9. The summed E-state index contributed by atoms with van der Waals surface area (Å²) in [5.41, 5.74) is 0. The van der Waals surface area contributed by atoms with Crippen LogP contribution < -0.4 is 5.32 Å². The quantitative estimate of drug-likeness (QED) is 0.0207. The number of amides is 1. The van der Waals surface area contributed by atoms with Crippen molar-refractivity contribution >= 4 is 13.7 Å². The number of likely N-dealkylation sites (N-methyl/N-ethyl adjacent to an activating group) is 1. The van der Waals surface area contributed by atoms with Crippen molar-refractivity contribution in [1.82, 2.24) is 5.32 Å². The molecule has 77 heavy (non-hydrogen) atoms. The standard InChI is InChI=1S/C67H111N2O7P/c1-6-8-10-12-14-16-18-20-21-22-23-24-25-26-27-28-29-30-31-32-33-34-35-36-37-38-39-40-41-42-43-44-45-46-47-48-50-52-54-56-58-60-66(71)68-64(63-76-77(73,74)75-62-61-69(3,4)5)67(72)65(70)59-57-55-53-51-49-19-17-15-13-11-9-7-2/h8,10,14,16,20-21,23-24,26-27,29-30,32-33,35-36,38-39,41-42,44-45,47-48,51,53,64-65,67,70,72H,6-7,9,11-13,15,17-19,22,25,28,31,34,37,40,43,46,49-50,52,54-63H2,1-5H3,(H-,68,71,73,74)/p+1/b10-8-,16-14-,21-20-,24-23-,27-26-,30-29-,33-32-,36-35-,39-38-,42-41-,45-44-,48-47-,53-51+. The molecule has 436 valence electrons. The van der Waals surface area contributed by atoms with Crippen molar-refractivity contribution in [1.29, 1.82) is 0 Å². The van der Waals surface area contributed by atoms with Crippen molar-refractivity contribution in [3.05, 3.63) is 158 Å². The van der Waals surface area contributed by atoms with Gasteiger partial charge >= 0.3 is 7.82 Å². The van der Waals surface area contributed by atoms with E-state index in [1.807, 2.05) is 21.1 Å². The van der Waals surface area contributed by atoms with Crippen LogP contribution in [0, 0.1) is 0 Å². The van der Waals surface area contributed by atoms with Crippen molar-refractivity contribution in [3.63, 3.8) is 0 Å². The number of phosphoric ester groups is 1. The van der Waals surface area contributed by atoms with Gasteiger partial charge in [-0.3, -0.25) is 13.8 Å². The Morgan fingerprint density at radius 3 is 1.19 bits per heavy atom. The molecular formula is C67H112N2O7P+.